The molecule has 1 aliphatic carbocycles. The molecule has 2 heterocycles. The Kier molecular flexibility index (Phi) is 4.56. The van der Waals surface area contributed by atoms with Gasteiger partial charge >= 0.3 is 0 Å². The van der Waals surface area contributed by atoms with E-state index in [9.17, 15) is 0 Å². The van der Waals surface area contributed by atoms with E-state index in [4.69, 9.17) is 19.7 Å². The van der Waals surface area contributed by atoms with Crippen molar-refractivity contribution in [3.05, 3.63) is 29.7 Å². The first-order valence-electron chi connectivity index (χ1n) is 8.46. The number of nitrogens with two attached hydrogens (primary N) is 1. The monoisotopic (exact) mass is 365 g/mol. The Morgan fingerprint density at radius 2 is 2.16 bits per heavy atom. The number of benzene rings is 1. The first-order valence-corrected chi connectivity index (χ1v) is 8.46. The van der Waals surface area contributed by atoms with Crippen molar-refractivity contribution in [1.82, 2.24) is 10.1 Å². The molecule has 4 rings (SSSR count). The van der Waals surface area contributed by atoms with Crippen molar-refractivity contribution in [2.45, 2.75) is 45.3 Å². The van der Waals surface area contributed by atoms with Crippen LogP contribution in [-0.4, -0.2) is 29.5 Å². The van der Waals surface area contributed by atoms with Gasteiger partial charge in [0.1, 0.15) is 11.3 Å². The number of ether oxygens (including phenoxy) is 2. The summed E-state index contributed by atoms with van der Waals surface area (Å²) in [7, 11) is 0. The van der Waals surface area contributed by atoms with Crippen LogP contribution in [0.1, 0.15) is 38.6 Å². The highest BCUT2D eigenvalue weighted by molar-refractivity contribution is 5.85. The molecule has 2 aromatic rings. The maximum atomic E-state index is 6.61. The second-order valence-corrected chi connectivity index (χ2v) is 7.19. The molecule has 0 amide bonds. The van der Waals surface area contributed by atoms with E-state index in [1.54, 1.807) is 0 Å². The van der Waals surface area contributed by atoms with E-state index >= 15 is 0 Å². The second-order valence-electron chi connectivity index (χ2n) is 7.19. The minimum Gasteiger partial charge on any atom is -0.493 e. The van der Waals surface area contributed by atoms with Crippen molar-refractivity contribution < 1.29 is 14.0 Å². The zero-order valence-electron chi connectivity index (χ0n) is 14.7. The smallest absolute Gasteiger partial charge is 0.247 e. The molecule has 0 spiro atoms. The minimum atomic E-state index is -0.655. The average molecular weight is 366 g/mol. The second kappa shape index (κ2) is 6.27. The standard InChI is InChI=1S/C18H23N3O3.ClH/c1-4-22-14-10-18(19,17(14,2)3)16-20-15(21-24-16)12-5-6-13-11(9-12)7-8-23-13;/h5-6,9,14H,4,7-8,10,19H2,1-3H3;1H. The van der Waals surface area contributed by atoms with Gasteiger partial charge in [-0.3, -0.25) is 0 Å². The molecule has 1 fully saturated rings. The third-order valence-electron chi connectivity index (χ3n) is 5.59. The molecule has 2 atom stereocenters. The van der Waals surface area contributed by atoms with Crippen molar-refractivity contribution in [3.63, 3.8) is 0 Å². The van der Waals surface area contributed by atoms with Gasteiger partial charge < -0.3 is 19.7 Å². The maximum absolute atomic E-state index is 6.61. The molecule has 0 bridgehead atoms. The van der Waals surface area contributed by atoms with Gasteiger partial charge in [-0.1, -0.05) is 19.0 Å². The Labute approximate surface area is 153 Å². The first kappa shape index (κ1) is 18.2. The van der Waals surface area contributed by atoms with Crippen LogP contribution >= 0.6 is 12.4 Å². The maximum Gasteiger partial charge on any atom is 0.247 e. The van der Waals surface area contributed by atoms with Crippen molar-refractivity contribution in [3.8, 4) is 17.1 Å². The van der Waals surface area contributed by atoms with Crippen LogP contribution in [0.25, 0.3) is 11.4 Å². The lowest BCUT2D eigenvalue weighted by molar-refractivity contribution is -0.162. The number of nitrogens with zero attached hydrogens (tertiary/aromatic N) is 2. The molecule has 136 valence electrons. The van der Waals surface area contributed by atoms with E-state index < -0.39 is 5.54 Å². The van der Waals surface area contributed by atoms with Crippen LogP contribution in [-0.2, 0) is 16.7 Å². The fourth-order valence-corrected chi connectivity index (χ4v) is 3.65. The highest BCUT2D eigenvalue weighted by Gasteiger charge is 2.62. The van der Waals surface area contributed by atoms with Gasteiger partial charge in [0.25, 0.3) is 0 Å². The van der Waals surface area contributed by atoms with Gasteiger partial charge in [-0.05, 0) is 30.7 Å². The van der Waals surface area contributed by atoms with Gasteiger partial charge in [0.15, 0.2) is 0 Å². The third kappa shape index (κ3) is 2.63. The Bertz CT molecular complexity index is 777. The average Bonchev–Trinajstić information content (AvgIpc) is 3.23. The number of hydrogen-bond acceptors (Lipinski definition) is 6. The van der Waals surface area contributed by atoms with Crippen LogP contribution in [0.5, 0.6) is 5.75 Å². The van der Waals surface area contributed by atoms with Crippen LogP contribution < -0.4 is 10.5 Å². The normalized spacial score (nSPS) is 26.3. The summed E-state index contributed by atoms with van der Waals surface area (Å²) < 4.78 is 16.8. The summed E-state index contributed by atoms with van der Waals surface area (Å²) in [6.45, 7) is 7.58. The van der Waals surface area contributed by atoms with Gasteiger partial charge in [-0.2, -0.15) is 4.98 Å². The van der Waals surface area contributed by atoms with Gasteiger partial charge in [0.2, 0.25) is 11.7 Å². The fraction of sp³-hybridized carbons (Fsp3) is 0.556. The summed E-state index contributed by atoms with van der Waals surface area (Å²) >= 11 is 0. The highest BCUT2D eigenvalue weighted by atomic mass is 35.5. The molecule has 2 aliphatic rings. The molecule has 25 heavy (non-hydrogen) atoms. The summed E-state index contributed by atoms with van der Waals surface area (Å²) in [5.41, 5.74) is 7.81. The number of fused-ring (bicyclic) bond motifs is 1. The predicted octanol–water partition coefficient (Wildman–Crippen LogP) is 3.08. The van der Waals surface area contributed by atoms with E-state index in [-0.39, 0.29) is 23.9 Å². The largest absolute Gasteiger partial charge is 0.493 e. The Morgan fingerprint density at radius 3 is 2.88 bits per heavy atom. The Morgan fingerprint density at radius 1 is 1.36 bits per heavy atom. The lowest BCUT2D eigenvalue weighted by atomic mass is 9.54. The number of halogens is 1. The number of aromatic nitrogens is 2. The summed E-state index contributed by atoms with van der Waals surface area (Å²) in [5.74, 6) is 1.99. The molecule has 1 aromatic carbocycles. The molecule has 1 aliphatic heterocycles. The SMILES string of the molecule is CCOC1CC(N)(c2nc(-c3ccc4c(c3)CCO4)no2)C1(C)C.Cl. The van der Waals surface area contributed by atoms with Gasteiger partial charge in [0.05, 0.1) is 12.7 Å². The molecule has 2 unspecified atom stereocenters. The molecule has 2 N–H and O–H groups in total. The van der Waals surface area contributed by atoms with Crippen LogP contribution in [0, 0.1) is 5.41 Å². The number of rotatable bonds is 4. The zero-order chi connectivity index (χ0) is 16.9. The van der Waals surface area contributed by atoms with Crippen LogP contribution in [0.4, 0.5) is 0 Å². The summed E-state index contributed by atoms with van der Waals surface area (Å²) in [4.78, 5) is 4.59. The van der Waals surface area contributed by atoms with E-state index in [2.05, 4.69) is 30.1 Å². The van der Waals surface area contributed by atoms with Gasteiger partial charge in [-0.15, -0.1) is 12.4 Å². The van der Waals surface area contributed by atoms with Crippen LogP contribution in [0.3, 0.4) is 0 Å². The minimum absolute atomic E-state index is 0. The topological polar surface area (TPSA) is 83.4 Å². The molecule has 1 saturated carbocycles. The molecule has 1 aromatic heterocycles. The molecular formula is C18H24ClN3O3. The summed E-state index contributed by atoms with van der Waals surface area (Å²) in [6, 6.07) is 5.98. The van der Waals surface area contributed by atoms with Crippen LogP contribution in [0.2, 0.25) is 0 Å². The Balaban J connectivity index is 0.00000182. The molecule has 7 heteroatoms. The number of hydrogen-bond donors (Lipinski definition) is 1. The Hall–Kier alpha value is -1.63. The lowest BCUT2D eigenvalue weighted by Gasteiger charge is -2.56. The quantitative estimate of drug-likeness (QED) is 0.896. The third-order valence-corrected chi connectivity index (χ3v) is 5.59. The lowest BCUT2D eigenvalue weighted by Crippen LogP contribution is -2.67. The molecule has 6 nitrogen and oxygen atoms in total. The summed E-state index contributed by atoms with van der Waals surface area (Å²) in [6.07, 6.45) is 1.71. The summed E-state index contributed by atoms with van der Waals surface area (Å²) in [5, 5.41) is 4.15. The van der Waals surface area contributed by atoms with Crippen molar-refractivity contribution in [1.29, 1.82) is 0 Å². The molecule has 0 radical (unpaired) electrons. The van der Waals surface area contributed by atoms with Crippen molar-refractivity contribution >= 4 is 12.4 Å². The van der Waals surface area contributed by atoms with E-state index in [1.807, 2.05) is 19.1 Å². The van der Waals surface area contributed by atoms with Gasteiger partial charge in [0, 0.05) is 30.4 Å². The van der Waals surface area contributed by atoms with Crippen LogP contribution in [0.15, 0.2) is 22.7 Å². The van der Waals surface area contributed by atoms with E-state index in [0.717, 1.165) is 24.3 Å². The highest BCUT2D eigenvalue weighted by Crippen LogP contribution is 2.55. The fourth-order valence-electron chi connectivity index (χ4n) is 3.65. The van der Waals surface area contributed by atoms with Crippen molar-refractivity contribution in [2.24, 2.45) is 11.1 Å². The van der Waals surface area contributed by atoms with Gasteiger partial charge in [-0.25, -0.2) is 0 Å². The first-order chi connectivity index (χ1) is 11.5. The van der Waals surface area contributed by atoms with E-state index in [1.165, 1.54) is 5.56 Å². The zero-order valence-corrected chi connectivity index (χ0v) is 15.6. The van der Waals surface area contributed by atoms with E-state index in [0.29, 0.717) is 24.7 Å². The molecular weight excluding hydrogens is 342 g/mol. The van der Waals surface area contributed by atoms with Crippen molar-refractivity contribution in [2.75, 3.05) is 13.2 Å². The molecule has 0 saturated heterocycles. The predicted molar refractivity (Wildman–Crippen MR) is 95.9 cm³/mol.